The van der Waals surface area contributed by atoms with Gasteiger partial charge in [-0.15, -0.1) is 5.10 Å². The van der Waals surface area contributed by atoms with E-state index >= 15 is 0 Å². The van der Waals surface area contributed by atoms with E-state index in [-0.39, 0.29) is 0 Å². The molecule has 0 saturated heterocycles. The Morgan fingerprint density at radius 3 is 3.14 bits per heavy atom. The van der Waals surface area contributed by atoms with Crippen molar-refractivity contribution in [2.45, 2.75) is 18.6 Å². The number of likely N-dealkylation sites (N-methyl/N-ethyl adjacent to an activating group) is 1. The van der Waals surface area contributed by atoms with Gasteiger partial charge in [-0.3, -0.25) is 0 Å². The van der Waals surface area contributed by atoms with Gasteiger partial charge in [0.2, 0.25) is 5.16 Å². The van der Waals surface area contributed by atoms with Crippen molar-refractivity contribution in [3.63, 3.8) is 0 Å². The van der Waals surface area contributed by atoms with Crippen LogP contribution < -0.4 is 10.1 Å². The first-order valence-electron chi connectivity index (χ1n) is 6.77. The average molecular weight is 372 g/mol. The summed E-state index contributed by atoms with van der Waals surface area (Å²) in [7, 11) is 0. The molecule has 21 heavy (non-hydrogen) atoms. The molecule has 1 aromatic heterocycles. The van der Waals surface area contributed by atoms with Crippen molar-refractivity contribution in [1.29, 1.82) is 0 Å². The molecule has 0 radical (unpaired) electrons. The van der Waals surface area contributed by atoms with Crippen molar-refractivity contribution in [2.75, 3.05) is 25.4 Å². The van der Waals surface area contributed by atoms with Crippen LogP contribution in [0.15, 0.2) is 33.9 Å². The fourth-order valence-electron chi connectivity index (χ4n) is 1.65. The van der Waals surface area contributed by atoms with E-state index in [4.69, 9.17) is 4.74 Å². The lowest BCUT2D eigenvalue weighted by molar-refractivity contribution is 0.343. The molecule has 0 amide bonds. The Hall–Kier alpha value is -1.12. The van der Waals surface area contributed by atoms with Crippen molar-refractivity contribution < 1.29 is 4.74 Å². The predicted octanol–water partition coefficient (Wildman–Crippen LogP) is 2.22. The zero-order chi connectivity index (χ0) is 14.9. The lowest BCUT2D eigenvalue weighted by Crippen LogP contribution is -2.20. The Bertz CT molecular complexity index is 551. The van der Waals surface area contributed by atoms with Crippen molar-refractivity contribution in [3.8, 4) is 5.75 Å². The first kappa shape index (κ1) is 16.3. The van der Waals surface area contributed by atoms with Gasteiger partial charge in [-0.1, -0.05) is 40.7 Å². The van der Waals surface area contributed by atoms with Crippen LogP contribution in [0.3, 0.4) is 0 Å². The topological polar surface area (TPSA) is 64.9 Å². The summed E-state index contributed by atoms with van der Waals surface area (Å²) in [6, 6.07) is 7.81. The fraction of sp³-hybridized carbons (Fsp3) is 0.462. The molecular weight excluding hydrogens is 354 g/mol. The molecule has 2 aromatic rings. The highest BCUT2D eigenvalue weighted by Crippen LogP contribution is 2.19. The Kier molecular flexibility index (Phi) is 6.98. The zero-order valence-electron chi connectivity index (χ0n) is 11.8. The number of nitrogens with zero attached hydrogens (tertiary/aromatic N) is 4. The maximum atomic E-state index is 5.68. The van der Waals surface area contributed by atoms with Gasteiger partial charge < -0.3 is 10.1 Å². The minimum atomic E-state index is 0.612. The zero-order valence-corrected chi connectivity index (χ0v) is 14.2. The van der Waals surface area contributed by atoms with E-state index in [9.17, 15) is 0 Å². The summed E-state index contributed by atoms with van der Waals surface area (Å²) in [5, 5.41) is 15.8. The molecular formula is C13H18BrN5OS. The minimum Gasteiger partial charge on any atom is -0.493 e. The summed E-state index contributed by atoms with van der Waals surface area (Å²) in [4.78, 5) is 0. The summed E-state index contributed by atoms with van der Waals surface area (Å²) in [5.41, 5.74) is 0. The van der Waals surface area contributed by atoms with Crippen molar-refractivity contribution in [3.05, 3.63) is 28.7 Å². The van der Waals surface area contributed by atoms with Gasteiger partial charge in [-0.05, 0) is 35.2 Å². The van der Waals surface area contributed by atoms with Gasteiger partial charge in [0.25, 0.3) is 0 Å². The van der Waals surface area contributed by atoms with Gasteiger partial charge in [0, 0.05) is 16.8 Å². The van der Waals surface area contributed by atoms with Crippen LogP contribution >= 0.6 is 27.7 Å². The molecule has 1 heterocycles. The Morgan fingerprint density at radius 1 is 1.43 bits per heavy atom. The normalized spacial score (nSPS) is 10.8. The van der Waals surface area contributed by atoms with Crippen molar-refractivity contribution in [2.24, 2.45) is 0 Å². The van der Waals surface area contributed by atoms with E-state index in [1.54, 1.807) is 11.8 Å². The molecule has 0 aliphatic rings. The van der Waals surface area contributed by atoms with Gasteiger partial charge in [0.15, 0.2) is 0 Å². The third-order valence-corrected chi connectivity index (χ3v) is 4.04. The molecule has 0 bridgehead atoms. The molecule has 2 rings (SSSR count). The highest BCUT2D eigenvalue weighted by Gasteiger charge is 2.06. The van der Waals surface area contributed by atoms with E-state index in [2.05, 4.69) is 43.7 Å². The predicted molar refractivity (Wildman–Crippen MR) is 86.7 cm³/mol. The first-order chi connectivity index (χ1) is 10.3. The fourth-order valence-corrected chi connectivity index (χ4v) is 2.75. The second-order valence-electron chi connectivity index (χ2n) is 4.19. The third-order valence-electron chi connectivity index (χ3n) is 2.63. The van der Waals surface area contributed by atoms with Crippen LogP contribution in [0.25, 0.3) is 0 Å². The van der Waals surface area contributed by atoms with E-state index in [0.717, 1.165) is 40.8 Å². The molecule has 1 N–H and O–H groups in total. The highest BCUT2D eigenvalue weighted by atomic mass is 79.9. The largest absolute Gasteiger partial charge is 0.493 e. The molecule has 8 heteroatoms. The molecule has 6 nitrogen and oxygen atoms in total. The minimum absolute atomic E-state index is 0.612. The number of rotatable bonds is 9. The number of thioether (sulfide) groups is 1. The second-order valence-corrected chi connectivity index (χ2v) is 6.17. The average Bonchev–Trinajstić information content (AvgIpc) is 2.92. The summed E-state index contributed by atoms with van der Waals surface area (Å²) in [5.74, 6) is 1.66. The molecule has 0 atom stereocenters. The number of hydrogen-bond donors (Lipinski definition) is 1. The Labute approximate surface area is 136 Å². The van der Waals surface area contributed by atoms with Crippen LogP contribution in [0.1, 0.15) is 6.92 Å². The molecule has 0 fully saturated rings. The quantitative estimate of drug-likeness (QED) is 0.538. The smallest absolute Gasteiger partial charge is 0.209 e. The van der Waals surface area contributed by atoms with Gasteiger partial charge in [-0.2, -0.15) is 0 Å². The van der Waals surface area contributed by atoms with Gasteiger partial charge in [0.05, 0.1) is 13.2 Å². The maximum absolute atomic E-state index is 5.68. The molecule has 0 aliphatic heterocycles. The van der Waals surface area contributed by atoms with E-state index in [1.807, 2.05) is 28.9 Å². The summed E-state index contributed by atoms with van der Waals surface area (Å²) >= 11 is 5.02. The van der Waals surface area contributed by atoms with Gasteiger partial charge in [0.1, 0.15) is 5.75 Å². The second kappa shape index (κ2) is 9.01. The lowest BCUT2D eigenvalue weighted by Gasteiger charge is -2.07. The van der Waals surface area contributed by atoms with Gasteiger partial charge >= 0.3 is 0 Å². The van der Waals surface area contributed by atoms with Crippen molar-refractivity contribution in [1.82, 2.24) is 25.5 Å². The molecule has 0 spiro atoms. The van der Waals surface area contributed by atoms with Crippen molar-refractivity contribution >= 4 is 27.7 Å². The van der Waals surface area contributed by atoms with Gasteiger partial charge in [-0.25, -0.2) is 4.68 Å². The molecule has 0 unspecified atom stereocenters. The van der Waals surface area contributed by atoms with E-state index < -0.39 is 0 Å². The van der Waals surface area contributed by atoms with Crippen LogP contribution in [0.4, 0.5) is 0 Å². The number of ether oxygens (including phenoxy) is 1. The standard InChI is InChI=1S/C13H18BrN5OS/c1-2-15-6-7-19-13(16-17-18-19)21-9-8-20-12-5-3-4-11(14)10-12/h3-5,10,15H,2,6-9H2,1H3. The number of tetrazole rings is 1. The molecule has 114 valence electrons. The molecule has 0 saturated carbocycles. The number of aromatic nitrogens is 4. The summed E-state index contributed by atoms with van der Waals surface area (Å²) in [6.45, 7) is 5.28. The maximum Gasteiger partial charge on any atom is 0.209 e. The molecule has 0 aliphatic carbocycles. The number of halogens is 1. The number of hydrogen-bond acceptors (Lipinski definition) is 6. The van der Waals surface area contributed by atoms with Crippen LogP contribution in [-0.4, -0.2) is 45.7 Å². The number of benzene rings is 1. The lowest BCUT2D eigenvalue weighted by atomic mass is 10.3. The summed E-state index contributed by atoms with van der Waals surface area (Å²) < 4.78 is 8.51. The monoisotopic (exact) mass is 371 g/mol. The summed E-state index contributed by atoms with van der Waals surface area (Å²) in [6.07, 6.45) is 0. The van der Waals surface area contributed by atoms with E-state index in [0.29, 0.717) is 6.61 Å². The Morgan fingerprint density at radius 2 is 2.33 bits per heavy atom. The molecule has 1 aromatic carbocycles. The number of nitrogens with one attached hydrogen (secondary N) is 1. The van der Waals surface area contributed by atoms with Crippen LogP contribution in [0.2, 0.25) is 0 Å². The highest BCUT2D eigenvalue weighted by molar-refractivity contribution is 9.10. The van der Waals surface area contributed by atoms with Crippen LogP contribution in [-0.2, 0) is 6.54 Å². The third kappa shape index (κ3) is 5.64. The van der Waals surface area contributed by atoms with E-state index in [1.165, 1.54) is 0 Å². The van der Waals surface area contributed by atoms with Crippen LogP contribution in [0.5, 0.6) is 5.75 Å². The first-order valence-corrected chi connectivity index (χ1v) is 8.55. The Balaban J connectivity index is 1.72. The van der Waals surface area contributed by atoms with Crippen LogP contribution in [0, 0.1) is 0 Å². The SMILES string of the molecule is CCNCCn1nnnc1SCCOc1cccc(Br)c1.